The highest BCUT2D eigenvalue weighted by atomic mass is 16.5. The van der Waals surface area contributed by atoms with Gasteiger partial charge in [-0.25, -0.2) is 0 Å². The zero-order chi connectivity index (χ0) is 24.2. The molecule has 2 aromatic carbocycles. The highest BCUT2D eigenvalue weighted by molar-refractivity contribution is 5.92. The molecule has 34 heavy (non-hydrogen) atoms. The number of amides is 1. The second-order valence-electron chi connectivity index (χ2n) is 7.13. The summed E-state index contributed by atoms with van der Waals surface area (Å²) >= 11 is 0. The lowest BCUT2D eigenvalue weighted by Crippen LogP contribution is -2.24. The average Bonchev–Trinajstić information content (AvgIpc) is 3.21. The Hall–Kier alpha value is -4.78. The summed E-state index contributed by atoms with van der Waals surface area (Å²) in [5.41, 5.74) is 0.627. The monoisotopic (exact) mass is 460 g/mol. The summed E-state index contributed by atoms with van der Waals surface area (Å²) in [5, 5.41) is 16.0. The molecule has 10 nitrogen and oxygen atoms in total. The van der Waals surface area contributed by atoms with Gasteiger partial charge >= 0.3 is 0 Å². The van der Waals surface area contributed by atoms with Crippen molar-refractivity contribution >= 4 is 22.7 Å². The number of hydrogen-bond donors (Lipinski definition) is 1. The first-order chi connectivity index (χ1) is 16.5. The van der Waals surface area contributed by atoms with Crippen molar-refractivity contribution in [2.75, 3.05) is 26.1 Å². The Bertz CT molecular complexity index is 1480. The second-order valence-corrected chi connectivity index (χ2v) is 7.13. The average molecular weight is 460 g/mol. The van der Waals surface area contributed by atoms with Crippen LogP contribution in [0.15, 0.2) is 57.9 Å². The maximum atomic E-state index is 13.3. The number of aromatic nitrogens is 2. The third-order valence-electron chi connectivity index (χ3n) is 5.07. The van der Waals surface area contributed by atoms with Crippen LogP contribution >= 0.6 is 0 Å². The van der Waals surface area contributed by atoms with Gasteiger partial charge in [0.15, 0.2) is 23.9 Å². The van der Waals surface area contributed by atoms with Crippen molar-refractivity contribution in [2.45, 2.75) is 0 Å². The Kier molecular flexibility index (Phi) is 6.18. The Balaban J connectivity index is 1.72. The number of aryl methyl sites for hydroxylation is 1. The van der Waals surface area contributed by atoms with Crippen LogP contribution in [-0.2, 0) is 11.8 Å². The molecule has 0 atom stereocenters. The molecule has 0 saturated heterocycles. The Morgan fingerprint density at radius 2 is 1.94 bits per heavy atom. The molecule has 0 aliphatic rings. The van der Waals surface area contributed by atoms with Gasteiger partial charge in [-0.3, -0.25) is 14.3 Å². The number of fused-ring (bicyclic) bond motifs is 1. The van der Waals surface area contributed by atoms with E-state index in [2.05, 4.69) is 10.4 Å². The smallest absolute Gasteiger partial charge is 0.263 e. The van der Waals surface area contributed by atoms with E-state index in [4.69, 9.17) is 18.6 Å². The van der Waals surface area contributed by atoms with Crippen LogP contribution < -0.4 is 25.0 Å². The molecule has 1 amide bonds. The van der Waals surface area contributed by atoms with E-state index < -0.39 is 17.9 Å². The fourth-order valence-electron chi connectivity index (χ4n) is 3.40. The molecule has 2 heterocycles. The predicted molar refractivity (Wildman–Crippen MR) is 123 cm³/mol. The molecule has 172 valence electrons. The number of rotatable bonds is 7. The molecule has 2 aromatic heterocycles. The Morgan fingerprint density at radius 3 is 2.68 bits per heavy atom. The Labute approximate surface area is 193 Å². The van der Waals surface area contributed by atoms with Crippen LogP contribution in [0.2, 0.25) is 0 Å². The minimum absolute atomic E-state index is 0.133. The highest BCUT2D eigenvalue weighted by Crippen LogP contribution is 2.36. The number of ether oxygens (including phenoxy) is 3. The normalized spacial score (nSPS) is 10.5. The lowest BCUT2D eigenvalue weighted by molar-refractivity contribution is -0.118. The van der Waals surface area contributed by atoms with Gasteiger partial charge in [0.05, 0.1) is 25.8 Å². The molecule has 0 spiro atoms. The number of nitrogens with zero attached hydrogens (tertiary/aromatic N) is 3. The van der Waals surface area contributed by atoms with Gasteiger partial charge in [-0.1, -0.05) is 12.1 Å². The molecule has 0 unspecified atom stereocenters. The van der Waals surface area contributed by atoms with Crippen molar-refractivity contribution in [1.29, 1.82) is 5.26 Å². The first-order valence-electron chi connectivity index (χ1n) is 10.1. The summed E-state index contributed by atoms with van der Waals surface area (Å²) in [6.07, 6.45) is 1.34. The van der Waals surface area contributed by atoms with E-state index in [-0.39, 0.29) is 22.9 Å². The molecular weight excluding hydrogens is 440 g/mol. The summed E-state index contributed by atoms with van der Waals surface area (Å²) in [5.74, 6) is 0.579. The van der Waals surface area contributed by atoms with Crippen LogP contribution in [0.4, 0.5) is 5.82 Å². The minimum Gasteiger partial charge on any atom is -0.493 e. The number of para-hydroxylation sites is 1. The van der Waals surface area contributed by atoms with E-state index >= 15 is 0 Å². The molecular formula is C24H20N4O6. The van der Waals surface area contributed by atoms with Crippen molar-refractivity contribution in [3.8, 4) is 34.6 Å². The van der Waals surface area contributed by atoms with Gasteiger partial charge in [0.25, 0.3) is 5.91 Å². The molecule has 0 aliphatic heterocycles. The van der Waals surface area contributed by atoms with E-state index in [1.807, 2.05) is 6.07 Å². The van der Waals surface area contributed by atoms with Gasteiger partial charge in [0.1, 0.15) is 23.0 Å². The fraction of sp³-hybridized carbons (Fsp3) is 0.167. The van der Waals surface area contributed by atoms with E-state index in [1.165, 1.54) is 25.1 Å². The topological polar surface area (TPSA) is 129 Å². The van der Waals surface area contributed by atoms with Gasteiger partial charge < -0.3 is 23.9 Å². The van der Waals surface area contributed by atoms with E-state index in [0.29, 0.717) is 28.0 Å². The van der Waals surface area contributed by atoms with Crippen molar-refractivity contribution in [1.82, 2.24) is 9.78 Å². The molecule has 0 aliphatic carbocycles. The summed E-state index contributed by atoms with van der Waals surface area (Å²) in [6, 6.07) is 13.7. The number of methoxy groups -OCH3 is 2. The van der Waals surface area contributed by atoms with Gasteiger partial charge in [-0.2, -0.15) is 10.4 Å². The van der Waals surface area contributed by atoms with Crippen molar-refractivity contribution < 1.29 is 23.4 Å². The number of hydrogen-bond acceptors (Lipinski definition) is 8. The molecule has 0 radical (unpaired) electrons. The first kappa shape index (κ1) is 22.4. The molecule has 1 N–H and O–H groups in total. The molecule has 10 heteroatoms. The predicted octanol–water partition coefficient (Wildman–Crippen LogP) is 3.10. The number of carbonyl (C=O) groups is 1. The third-order valence-corrected chi connectivity index (χ3v) is 5.07. The van der Waals surface area contributed by atoms with Crippen LogP contribution in [0.5, 0.6) is 17.2 Å². The van der Waals surface area contributed by atoms with Crippen LogP contribution in [0.1, 0.15) is 5.56 Å². The lowest BCUT2D eigenvalue weighted by Gasteiger charge is -2.13. The number of carbonyl (C=O) groups excluding carboxylic acids is 1. The van der Waals surface area contributed by atoms with Crippen LogP contribution in [0.25, 0.3) is 22.3 Å². The molecule has 0 saturated carbocycles. The molecule has 0 bridgehead atoms. The molecule has 0 fully saturated rings. The van der Waals surface area contributed by atoms with Gasteiger partial charge in [-0.05, 0) is 30.3 Å². The van der Waals surface area contributed by atoms with Crippen LogP contribution in [0.3, 0.4) is 0 Å². The number of benzene rings is 2. The second kappa shape index (κ2) is 9.38. The fourth-order valence-corrected chi connectivity index (χ4v) is 3.40. The Morgan fingerprint density at radius 1 is 1.18 bits per heavy atom. The molecule has 4 aromatic rings. The van der Waals surface area contributed by atoms with E-state index in [1.54, 1.807) is 49.5 Å². The maximum absolute atomic E-state index is 13.3. The van der Waals surface area contributed by atoms with Crippen molar-refractivity contribution in [3.63, 3.8) is 0 Å². The van der Waals surface area contributed by atoms with Gasteiger partial charge in [0.2, 0.25) is 11.2 Å². The first-order valence-corrected chi connectivity index (χ1v) is 10.1. The number of anilines is 1. The highest BCUT2D eigenvalue weighted by Gasteiger charge is 2.21. The van der Waals surface area contributed by atoms with Crippen molar-refractivity contribution in [3.05, 3.63) is 64.4 Å². The number of nitriles is 1. The third kappa shape index (κ3) is 4.14. The minimum atomic E-state index is -0.578. The maximum Gasteiger partial charge on any atom is 0.263 e. The largest absolute Gasteiger partial charge is 0.493 e. The lowest BCUT2D eigenvalue weighted by atomic mass is 10.1. The molecule has 4 rings (SSSR count). The summed E-state index contributed by atoms with van der Waals surface area (Å²) in [4.78, 5) is 25.8. The van der Waals surface area contributed by atoms with Crippen LogP contribution in [-0.4, -0.2) is 36.5 Å². The van der Waals surface area contributed by atoms with Gasteiger partial charge in [0, 0.05) is 12.6 Å². The summed E-state index contributed by atoms with van der Waals surface area (Å²) in [7, 11) is 4.60. The van der Waals surface area contributed by atoms with Crippen LogP contribution in [0, 0.1) is 11.3 Å². The zero-order valence-corrected chi connectivity index (χ0v) is 18.6. The van der Waals surface area contributed by atoms with E-state index in [0.717, 1.165) is 0 Å². The van der Waals surface area contributed by atoms with Crippen molar-refractivity contribution in [2.24, 2.45) is 7.05 Å². The summed E-state index contributed by atoms with van der Waals surface area (Å²) in [6.45, 7) is -0.501. The summed E-state index contributed by atoms with van der Waals surface area (Å²) < 4.78 is 23.7. The van der Waals surface area contributed by atoms with Gasteiger partial charge in [-0.15, -0.1) is 0 Å². The standard InChI is InChI=1S/C24H20N4O6/c1-28-24(15(11-25)12-26-28)27-20(29)13-33-23-21(30)16-6-4-5-7-17(16)34-22(23)14-8-9-18(31-2)19(10-14)32-3/h4-10,12H,13H2,1-3H3,(H,27,29). The van der Waals surface area contributed by atoms with E-state index in [9.17, 15) is 14.9 Å². The number of nitrogens with one attached hydrogen (secondary N) is 1. The SMILES string of the molecule is COc1ccc(-c2oc3ccccc3c(=O)c2OCC(=O)Nc2c(C#N)cnn2C)cc1OC. The quantitative estimate of drug-likeness (QED) is 0.445. The zero-order valence-electron chi connectivity index (χ0n) is 18.6.